The summed E-state index contributed by atoms with van der Waals surface area (Å²) < 4.78 is 19.5. The first-order valence-electron chi connectivity index (χ1n) is 14.9. The Balaban J connectivity index is 0.000000209. The van der Waals surface area contributed by atoms with Crippen LogP contribution in [0.4, 0.5) is 0 Å². The molecule has 0 amide bonds. The molecule has 1 saturated heterocycles. The van der Waals surface area contributed by atoms with Gasteiger partial charge in [-0.05, 0) is 64.1 Å². The number of hydrogen-bond acceptors (Lipinski definition) is 6. The molecule has 7 heteroatoms. The van der Waals surface area contributed by atoms with Crippen molar-refractivity contribution in [2.24, 2.45) is 0 Å². The Morgan fingerprint density at radius 1 is 0.773 bits per heavy atom. The van der Waals surface area contributed by atoms with Gasteiger partial charge in [-0.1, -0.05) is 90.5 Å². The lowest BCUT2D eigenvalue weighted by Gasteiger charge is -2.39. The third kappa shape index (κ3) is 7.33. The van der Waals surface area contributed by atoms with Gasteiger partial charge in [0.15, 0.2) is 5.78 Å². The number of carbonyl (C=O) groups excluding carboxylic acids is 2. The SMILES string of the molecule is CSc1ccc(C(=O)C(C)(C)N2CCOCC2)cc1.Cc1cc(C)c(C(=O)P(=O)(c2ccccc2)c2ccccc2)c(C)c1. The van der Waals surface area contributed by atoms with Gasteiger partial charge in [-0.25, -0.2) is 0 Å². The third-order valence-corrected chi connectivity index (χ3v) is 11.7. The summed E-state index contributed by atoms with van der Waals surface area (Å²) in [5.74, 6) is 0.182. The van der Waals surface area contributed by atoms with E-state index in [4.69, 9.17) is 4.74 Å². The van der Waals surface area contributed by atoms with E-state index in [2.05, 4.69) is 4.90 Å². The molecule has 0 aliphatic carbocycles. The largest absolute Gasteiger partial charge is 0.379 e. The molecular weight excluding hydrogens is 585 g/mol. The molecule has 0 bridgehead atoms. The third-order valence-electron chi connectivity index (χ3n) is 8.13. The van der Waals surface area contributed by atoms with Crippen LogP contribution >= 0.6 is 18.9 Å². The molecule has 0 aromatic heterocycles. The molecule has 5 rings (SSSR count). The van der Waals surface area contributed by atoms with E-state index < -0.39 is 12.7 Å². The quantitative estimate of drug-likeness (QED) is 0.115. The van der Waals surface area contributed by atoms with Crippen molar-refractivity contribution in [3.05, 3.63) is 125 Å². The summed E-state index contributed by atoms with van der Waals surface area (Å²) in [6.07, 6.45) is 2.04. The Morgan fingerprint density at radius 3 is 1.70 bits per heavy atom. The zero-order valence-electron chi connectivity index (χ0n) is 26.5. The van der Waals surface area contributed by atoms with Crippen LogP contribution in [0.5, 0.6) is 0 Å². The summed E-state index contributed by atoms with van der Waals surface area (Å²) in [7, 11) is -3.44. The molecule has 0 spiro atoms. The van der Waals surface area contributed by atoms with Gasteiger partial charge in [0.25, 0.3) is 0 Å². The van der Waals surface area contributed by atoms with E-state index in [1.165, 1.54) is 4.90 Å². The molecule has 230 valence electrons. The second-order valence-corrected chi connectivity index (χ2v) is 15.1. The van der Waals surface area contributed by atoms with Crippen LogP contribution < -0.4 is 10.6 Å². The zero-order valence-corrected chi connectivity index (χ0v) is 28.2. The van der Waals surface area contributed by atoms with Crippen LogP contribution in [0.1, 0.15) is 51.3 Å². The number of hydrogen-bond donors (Lipinski definition) is 0. The Labute approximate surface area is 266 Å². The van der Waals surface area contributed by atoms with Crippen LogP contribution in [0.3, 0.4) is 0 Å². The van der Waals surface area contributed by atoms with Crippen molar-refractivity contribution in [1.82, 2.24) is 4.90 Å². The van der Waals surface area contributed by atoms with Crippen molar-refractivity contribution in [2.45, 2.75) is 45.1 Å². The van der Waals surface area contributed by atoms with Crippen molar-refractivity contribution < 1.29 is 18.9 Å². The van der Waals surface area contributed by atoms with Gasteiger partial charge < -0.3 is 9.30 Å². The van der Waals surface area contributed by atoms with E-state index >= 15 is 0 Å². The van der Waals surface area contributed by atoms with Crippen LogP contribution in [0, 0.1) is 20.8 Å². The van der Waals surface area contributed by atoms with E-state index in [0.29, 0.717) is 29.4 Å². The van der Waals surface area contributed by atoms with E-state index in [-0.39, 0.29) is 11.3 Å². The predicted octanol–water partition coefficient (Wildman–Crippen LogP) is 7.47. The average Bonchev–Trinajstić information content (AvgIpc) is 3.05. The van der Waals surface area contributed by atoms with Crippen LogP contribution in [0.2, 0.25) is 0 Å². The monoisotopic (exact) mass is 627 g/mol. The van der Waals surface area contributed by atoms with E-state index in [9.17, 15) is 14.2 Å². The number of carbonyl (C=O) groups is 2. The number of nitrogens with zero attached hydrogens (tertiary/aromatic N) is 1. The maximum Gasteiger partial charge on any atom is 0.230 e. The molecule has 0 atom stereocenters. The van der Waals surface area contributed by atoms with Crippen molar-refractivity contribution in [3.63, 3.8) is 0 Å². The highest BCUT2D eigenvalue weighted by Gasteiger charge is 2.38. The summed E-state index contributed by atoms with van der Waals surface area (Å²) in [4.78, 5) is 29.6. The van der Waals surface area contributed by atoms with Gasteiger partial charge in [-0.3, -0.25) is 14.5 Å². The first kappa shape index (κ1) is 33.6. The van der Waals surface area contributed by atoms with Gasteiger partial charge in [-0.2, -0.15) is 0 Å². The number of thioether (sulfide) groups is 1. The number of ketones is 1. The fourth-order valence-corrected chi connectivity index (χ4v) is 8.72. The van der Waals surface area contributed by atoms with Crippen LogP contribution in [-0.2, 0) is 9.30 Å². The van der Waals surface area contributed by atoms with Crippen LogP contribution in [-0.4, -0.2) is 54.3 Å². The van der Waals surface area contributed by atoms with Crippen LogP contribution in [0.15, 0.2) is 102 Å². The van der Waals surface area contributed by atoms with Gasteiger partial charge in [-0.15, -0.1) is 11.8 Å². The Bertz CT molecular complexity index is 1560. The molecular formula is C37H42NO4PS. The number of morpholine rings is 1. The van der Waals surface area contributed by atoms with Crippen molar-refractivity contribution in [2.75, 3.05) is 32.6 Å². The molecule has 1 aliphatic rings. The molecule has 1 aliphatic heterocycles. The minimum absolute atomic E-state index is 0.182. The first-order valence-corrected chi connectivity index (χ1v) is 17.8. The fourth-order valence-electron chi connectivity index (χ4n) is 5.70. The van der Waals surface area contributed by atoms with E-state index in [1.807, 2.05) is 114 Å². The van der Waals surface area contributed by atoms with Crippen molar-refractivity contribution in [3.8, 4) is 0 Å². The maximum absolute atomic E-state index is 14.2. The van der Waals surface area contributed by atoms with Gasteiger partial charge in [0, 0.05) is 39.7 Å². The molecule has 5 nitrogen and oxygen atoms in total. The average molecular weight is 628 g/mol. The summed E-state index contributed by atoms with van der Waals surface area (Å²) in [6.45, 7) is 12.9. The molecule has 0 N–H and O–H groups in total. The Kier molecular flexibility index (Phi) is 11.2. The highest BCUT2D eigenvalue weighted by molar-refractivity contribution is 7.98. The molecule has 1 fully saturated rings. The Hall–Kier alpha value is -3.28. The van der Waals surface area contributed by atoms with Crippen molar-refractivity contribution >= 4 is 40.8 Å². The molecule has 0 radical (unpaired) electrons. The van der Waals surface area contributed by atoms with E-state index in [1.54, 1.807) is 36.0 Å². The lowest BCUT2D eigenvalue weighted by Crippen LogP contribution is -2.54. The molecule has 1 heterocycles. The smallest absolute Gasteiger partial charge is 0.230 e. The van der Waals surface area contributed by atoms with Gasteiger partial charge in [0.05, 0.1) is 18.8 Å². The van der Waals surface area contributed by atoms with Gasteiger partial charge in [0.2, 0.25) is 12.7 Å². The van der Waals surface area contributed by atoms with Crippen molar-refractivity contribution in [1.29, 1.82) is 0 Å². The highest BCUT2D eigenvalue weighted by atomic mass is 32.2. The lowest BCUT2D eigenvalue weighted by atomic mass is 9.91. The topological polar surface area (TPSA) is 63.7 Å². The number of benzene rings is 4. The molecule has 44 heavy (non-hydrogen) atoms. The zero-order chi connectivity index (χ0) is 31.9. The second kappa shape index (κ2) is 14.7. The lowest BCUT2D eigenvalue weighted by molar-refractivity contribution is -0.00430. The maximum atomic E-state index is 14.2. The van der Waals surface area contributed by atoms with E-state index in [0.717, 1.165) is 35.3 Å². The molecule has 4 aromatic rings. The molecule has 0 saturated carbocycles. The number of ether oxygens (including phenoxy) is 1. The summed E-state index contributed by atoms with van der Waals surface area (Å²) >= 11 is 1.69. The first-order chi connectivity index (χ1) is 21.0. The highest BCUT2D eigenvalue weighted by Crippen LogP contribution is 2.48. The second-order valence-electron chi connectivity index (χ2n) is 11.6. The Morgan fingerprint density at radius 2 is 1.25 bits per heavy atom. The number of aryl methyl sites for hydroxylation is 3. The van der Waals surface area contributed by atoms with Gasteiger partial charge >= 0.3 is 0 Å². The number of Topliss-reactive ketones (excluding diaryl/α,β-unsaturated/α-hetero) is 1. The minimum atomic E-state index is -3.44. The molecule has 4 aromatic carbocycles. The normalized spacial score (nSPS) is 14.0. The van der Waals surface area contributed by atoms with Crippen LogP contribution in [0.25, 0.3) is 0 Å². The standard InChI is InChI=1S/C22H21O2P.C15H21NO2S/c1-16-14-17(2)21(18(3)15-16)22(23)25(24,19-10-6-4-7-11-19)20-12-8-5-9-13-20;1-15(2,16-8-10-18-11-9-16)14(17)12-4-6-13(19-3)7-5-12/h4-15H,1-3H3;4-7H,8-11H2,1-3H3. The summed E-state index contributed by atoms with van der Waals surface area (Å²) in [5.41, 5.74) is 3.44. The predicted molar refractivity (Wildman–Crippen MR) is 184 cm³/mol. The molecule has 0 unspecified atom stereocenters. The summed E-state index contributed by atoms with van der Waals surface area (Å²) in [5, 5.41) is 1.15. The number of rotatable bonds is 8. The van der Waals surface area contributed by atoms with Gasteiger partial charge in [0.1, 0.15) is 0 Å². The minimum Gasteiger partial charge on any atom is -0.379 e. The summed E-state index contributed by atoms with van der Waals surface area (Å²) in [6, 6.07) is 30.0. The fraction of sp³-hybridized carbons (Fsp3) is 0.297.